The van der Waals surface area contributed by atoms with E-state index in [4.69, 9.17) is 4.52 Å². The molecule has 0 saturated carbocycles. The van der Waals surface area contributed by atoms with Gasteiger partial charge < -0.3 is 4.52 Å². The summed E-state index contributed by atoms with van der Waals surface area (Å²) in [6.45, 7) is 6.75. The second kappa shape index (κ2) is 4.50. The summed E-state index contributed by atoms with van der Waals surface area (Å²) in [4.78, 5) is 13.5. The highest BCUT2D eigenvalue weighted by molar-refractivity contribution is 7.09. The molecule has 1 fully saturated rings. The zero-order chi connectivity index (χ0) is 10.0. The van der Waals surface area contributed by atoms with Gasteiger partial charge in [-0.25, -0.2) is 0 Å². The molecule has 13 heavy (non-hydrogen) atoms. The summed E-state index contributed by atoms with van der Waals surface area (Å²) >= 11 is 0. The molecule has 0 aromatic rings. The lowest BCUT2D eigenvalue weighted by Crippen LogP contribution is -2.39. The first-order valence-corrected chi connectivity index (χ1v) is 5.15. The van der Waals surface area contributed by atoms with E-state index in [0.717, 1.165) is 13.0 Å². The van der Waals surface area contributed by atoms with Gasteiger partial charge >= 0.3 is 0 Å². The molecule has 1 saturated heterocycles. The Balaban J connectivity index is 2.65. The first kappa shape index (κ1) is 11.1. The van der Waals surface area contributed by atoms with Crippen LogP contribution in [0.4, 0.5) is 0 Å². The van der Waals surface area contributed by atoms with Crippen LogP contribution in [-0.4, -0.2) is 35.4 Å². The average molecular weight is 203 g/mol. The first-order chi connectivity index (χ1) is 6.06. The Bertz CT molecular complexity index is 196. The highest BCUT2D eigenvalue weighted by Gasteiger charge is 2.36. The van der Waals surface area contributed by atoms with E-state index < -0.39 is 0 Å². The van der Waals surface area contributed by atoms with Gasteiger partial charge in [0.25, 0.3) is 0 Å². The molecule has 0 spiro atoms. The van der Waals surface area contributed by atoms with E-state index >= 15 is 0 Å². The fraction of sp³-hybridized carbons (Fsp3) is 0.889. The van der Waals surface area contributed by atoms with Crippen molar-refractivity contribution in [1.82, 2.24) is 4.90 Å². The number of ketones is 1. The van der Waals surface area contributed by atoms with E-state index in [-0.39, 0.29) is 17.9 Å². The number of rotatable bonds is 3. The second-order valence-corrected chi connectivity index (χ2v) is 4.18. The Hall–Kier alpha value is 0.0200. The Morgan fingerprint density at radius 2 is 2.23 bits per heavy atom. The van der Waals surface area contributed by atoms with Crippen LogP contribution in [0.3, 0.4) is 0 Å². The molecule has 1 aliphatic heterocycles. The summed E-state index contributed by atoms with van der Waals surface area (Å²) < 4.78 is 5.19. The van der Waals surface area contributed by atoms with Gasteiger partial charge in [-0.2, -0.15) is 0 Å². The standard InChI is InChI=1S/C9H18NO2P/c1-6(2)10-5-8(12-13)4-9(10)7(3)11/h6,8-9H,4-5,13H2,1-3H3/t8?,9-/m0/s1. The van der Waals surface area contributed by atoms with Crippen molar-refractivity contribution in [3.05, 3.63) is 0 Å². The van der Waals surface area contributed by atoms with Crippen molar-refractivity contribution in [3.8, 4) is 0 Å². The highest BCUT2D eigenvalue weighted by atomic mass is 31.0. The third kappa shape index (κ3) is 2.49. The monoisotopic (exact) mass is 203 g/mol. The maximum Gasteiger partial charge on any atom is 0.147 e. The minimum atomic E-state index is 0.0607. The summed E-state index contributed by atoms with van der Waals surface area (Å²) in [6, 6.07) is 0.476. The van der Waals surface area contributed by atoms with Gasteiger partial charge in [0.2, 0.25) is 0 Å². The Labute approximate surface area is 82.1 Å². The Morgan fingerprint density at radius 3 is 2.54 bits per heavy atom. The fourth-order valence-corrected chi connectivity index (χ4v) is 2.09. The van der Waals surface area contributed by atoms with Crippen LogP contribution < -0.4 is 0 Å². The normalized spacial score (nSPS) is 29.9. The van der Waals surface area contributed by atoms with Gasteiger partial charge in [0.15, 0.2) is 0 Å². The van der Waals surface area contributed by atoms with Crippen LogP contribution in [0.5, 0.6) is 0 Å². The van der Waals surface area contributed by atoms with Crippen LogP contribution in [0.2, 0.25) is 0 Å². The lowest BCUT2D eigenvalue weighted by molar-refractivity contribution is -0.121. The van der Waals surface area contributed by atoms with Gasteiger partial charge in [-0.15, -0.1) is 0 Å². The van der Waals surface area contributed by atoms with E-state index in [1.165, 1.54) is 0 Å². The van der Waals surface area contributed by atoms with Gasteiger partial charge in [-0.05, 0) is 27.2 Å². The molecule has 4 heteroatoms. The molecule has 0 aliphatic carbocycles. The summed E-state index contributed by atoms with van der Waals surface area (Å²) in [6.07, 6.45) is 1.03. The minimum Gasteiger partial charge on any atom is -0.361 e. The quantitative estimate of drug-likeness (QED) is 0.646. The van der Waals surface area contributed by atoms with Crippen LogP contribution in [0.1, 0.15) is 27.2 Å². The number of nitrogens with zero attached hydrogens (tertiary/aromatic N) is 1. The van der Waals surface area contributed by atoms with Gasteiger partial charge in [-0.3, -0.25) is 9.69 Å². The minimum absolute atomic E-state index is 0.0607. The number of carbonyl (C=O) groups is 1. The lowest BCUT2D eigenvalue weighted by Gasteiger charge is -2.25. The van der Waals surface area contributed by atoms with Crippen molar-refractivity contribution in [1.29, 1.82) is 0 Å². The van der Waals surface area contributed by atoms with Crippen molar-refractivity contribution >= 4 is 15.2 Å². The number of hydrogen-bond donors (Lipinski definition) is 0. The Kier molecular flexibility index (Phi) is 3.84. The summed E-state index contributed by atoms with van der Waals surface area (Å²) in [7, 11) is 2.28. The summed E-state index contributed by atoms with van der Waals surface area (Å²) in [5.74, 6) is 0.248. The smallest absolute Gasteiger partial charge is 0.147 e. The molecule has 0 aromatic heterocycles. The Morgan fingerprint density at radius 1 is 1.62 bits per heavy atom. The van der Waals surface area contributed by atoms with Crippen LogP contribution >= 0.6 is 9.47 Å². The van der Waals surface area contributed by atoms with Gasteiger partial charge in [0.1, 0.15) is 5.78 Å². The van der Waals surface area contributed by atoms with Crippen molar-refractivity contribution in [2.45, 2.75) is 45.4 Å². The maximum atomic E-state index is 11.3. The molecule has 0 aromatic carbocycles. The molecule has 3 atom stereocenters. The topological polar surface area (TPSA) is 29.5 Å². The molecule has 1 rings (SSSR count). The molecule has 1 aliphatic rings. The second-order valence-electron chi connectivity index (χ2n) is 3.91. The maximum absolute atomic E-state index is 11.3. The number of likely N-dealkylation sites (tertiary alicyclic amines) is 1. The van der Waals surface area contributed by atoms with Crippen LogP contribution in [-0.2, 0) is 9.32 Å². The number of Topliss-reactive ketones (excluding diaryl/α,β-unsaturated/α-hetero) is 1. The molecule has 1 heterocycles. The van der Waals surface area contributed by atoms with Gasteiger partial charge in [-0.1, -0.05) is 0 Å². The predicted molar refractivity (Wildman–Crippen MR) is 55.5 cm³/mol. The molecule has 0 radical (unpaired) electrons. The number of carbonyl (C=O) groups excluding carboxylic acids is 1. The van der Waals surface area contributed by atoms with Gasteiger partial charge in [0, 0.05) is 22.1 Å². The first-order valence-electron chi connectivity index (χ1n) is 4.68. The fourth-order valence-electron chi connectivity index (χ4n) is 1.89. The highest BCUT2D eigenvalue weighted by Crippen LogP contribution is 2.24. The van der Waals surface area contributed by atoms with E-state index in [0.29, 0.717) is 6.04 Å². The lowest BCUT2D eigenvalue weighted by atomic mass is 10.1. The zero-order valence-electron chi connectivity index (χ0n) is 8.49. The van der Waals surface area contributed by atoms with Crippen LogP contribution in [0.15, 0.2) is 0 Å². The molecule has 3 nitrogen and oxygen atoms in total. The average Bonchev–Trinajstić information content (AvgIpc) is 2.47. The van der Waals surface area contributed by atoms with Crippen molar-refractivity contribution in [3.63, 3.8) is 0 Å². The summed E-state index contributed by atoms with van der Waals surface area (Å²) in [5.41, 5.74) is 0. The number of hydrogen-bond acceptors (Lipinski definition) is 3. The van der Waals surface area contributed by atoms with E-state index in [1.54, 1.807) is 6.92 Å². The molecular weight excluding hydrogens is 185 g/mol. The molecular formula is C9H18NO2P. The third-order valence-electron chi connectivity index (χ3n) is 2.63. The van der Waals surface area contributed by atoms with Crippen molar-refractivity contribution < 1.29 is 9.32 Å². The molecule has 0 N–H and O–H groups in total. The van der Waals surface area contributed by atoms with Crippen LogP contribution in [0.25, 0.3) is 0 Å². The molecule has 0 amide bonds. The van der Waals surface area contributed by atoms with E-state index in [2.05, 4.69) is 28.2 Å². The van der Waals surface area contributed by atoms with Crippen LogP contribution in [0, 0.1) is 0 Å². The third-order valence-corrected chi connectivity index (χ3v) is 3.01. The molecule has 0 bridgehead atoms. The molecule has 2 unspecified atom stereocenters. The van der Waals surface area contributed by atoms with Gasteiger partial charge in [0.05, 0.1) is 12.1 Å². The zero-order valence-corrected chi connectivity index (χ0v) is 9.64. The predicted octanol–water partition coefficient (Wildman–Crippen LogP) is 1.23. The van der Waals surface area contributed by atoms with Crippen molar-refractivity contribution in [2.24, 2.45) is 0 Å². The summed E-state index contributed by atoms with van der Waals surface area (Å²) in [5, 5.41) is 0. The van der Waals surface area contributed by atoms with Crippen molar-refractivity contribution in [2.75, 3.05) is 6.54 Å². The van der Waals surface area contributed by atoms with E-state index in [9.17, 15) is 4.79 Å². The molecule has 76 valence electrons. The SMILES string of the molecule is CC(=O)[C@@H]1CC(OP)CN1C(C)C. The van der Waals surface area contributed by atoms with E-state index in [1.807, 2.05) is 0 Å². The largest absolute Gasteiger partial charge is 0.361 e.